The van der Waals surface area contributed by atoms with Crippen LogP contribution in [0.1, 0.15) is 18.1 Å². The molecular formula is C10H11BN2O. The first-order valence-electron chi connectivity index (χ1n) is 4.45. The number of benzene rings is 1. The van der Waals surface area contributed by atoms with Crippen molar-refractivity contribution in [3.63, 3.8) is 0 Å². The van der Waals surface area contributed by atoms with Crippen molar-refractivity contribution in [2.75, 3.05) is 0 Å². The zero-order valence-electron chi connectivity index (χ0n) is 7.99. The SMILES string of the molecule is C=C(C)c1ccc2c(c1)C=NNB2O. The average molecular weight is 186 g/mol. The molecule has 4 heteroatoms. The van der Waals surface area contributed by atoms with Crippen LogP contribution in [0.4, 0.5) is 0 Å². The van der Waals surface area contributed by atoms with Gasteiger partial charge in [0.1, 0.15) is 0 Å². The molecule has 70 valence electrons. The summed E-state index contributed by atoms with van der Waals surface area (Å²) in [7, 11) is -0.700. The summed E-state index contributed by atoms with van der Waals surface area (Å²) in [5, 5.41) is 16.0. The van der Waals surface area contributed by atoms with Gasteiger partial charge in [0, 0.05) is 0 Å². The minimum Gasteiger partial charge on any atom is -0.428 e. The second-order valence-corrected chi connectivity index (χ2v) is 3.41. The van der Waals surface area contributed by atoms with Crippen molar-refractivity contribution in [2.45, 2.75) is 6.92 Å². The minimum atomic E-state index is -0.700. The zero-order chi connectivity index (χ0) is 10.1. The molecule has 0 atom stereocenters. The summed E-state index contributed by atoms with van der Waals surface area (Å²) < 4.78 is 0. The maximum absolute atomic E-state index is 9.54. The fourth-order valence-electron chi connectivity index (χ4n) is 1.45. The first kappa shape index (κ1) is 9.03. The molecule has 14 heavy (non-hydrogen) atoms. The topological polar surface area (TPSA) is 44.6 Å². The lowest BCUT2D eigenvalue weighted by atomic mass is 9.71. The van der Waals surface area contributed by atoms with Crippen LogP contribution >= 0.6 is 0 Å². The van der Waals surface area contributed by atoms with Crippen LogP contribution in [0.3, 0.4) is 0 Å². The molecule has 2 rings (SSSR count). The third kappa shape index (κ3) is 1.44. The van der Waals surface area contributed by atoms with Gasteiger partial charge in [0.15, 0.2) is 0 Å². The standard InChI is InChI=1S/C10H11BN2O/c1-7(2)8-3-4-10-9(5-8)6-12-13-11(10)14/h3-6,13-14H,1H2,2H3. The monoisotopic (exact) mass is 186 g/mol. The van der Waals surface area contributed by atoms with E-state index in [1.54, 1.807) is 6.21 Å². The van der Waals surface area contributed by atoms with Crippen molar-refractivity contribution in [2.24, 2.45) is 5.10 Å². The van der Waals surface area contributed by atoms with Crippen LogP contribution in [0.15, 0.2) is 29.9 Å². The molecule has 0 radical (unpaired) electrons. The third-order valence-corrected chi connectivity index (χ3v) is 2.27. The van der Waals surface area contributed by atoms with Crippen LogP contribution in [0.5, 0.6) is 0 Å². The van der Waals surface area contributed by atoms with E-state index in [1.165, 1.54) is 0 Å². The highest BCUT2D eigenvalue weighted by Crippen LogP contribution is 2.12. The molecule has 3 nitrogen and oxygen atoms in total. The number of fused-ring (bicyclic) bond motifs is 1. The lowest BCUT2D eigenvalue weighted by Gasteiger charge is -2.14. The van der Waals surface area contributed by atoms with E-state index in [2.05, 4.69) is 17.0 Å². The predicted octanol–water partition coefficient (Wildman–Crippen LogP) is 0.344. The Balaban J connectivity index is 2.50. The van der Waals surface area contributed by atoms with Gasteiger partial charge in [-0.3, -0.25) is 0 Å². The molecule has 0 unspecified atom stereocenters. The van der Waals surface area contributed by atoms with E-state index < -0.39 is 7.05 Å². The number of hydrazone groups is 1. The second-order valence-electron chi connectivity index (χ2n) is 3.41. The Morgan fingerprint density at radius 3 is 3.07 bits per heavy atom. The van der Waals surface area contributed by atoms with Gasteiger partial charge in [0.25, 0.3) is 0 Å². The maximum Gasteiger partial charge on any atom is 0.464 e. The van der Waals surface area contributed by atoms with Gasteiger partial charge in [-0.15, -0.1) is 0 Å². The van der Waals surface area contributed by atoms with Crippen LogP contribution < -0.4 is 10.8 Å². The largest absolute Gasteiger partial charge is 0.464 e. The summed E-state index contributed by atoms with van der Waals surface area (Å²) in [6.07, 6.45) is 1.70. The van der Waals surface area contributed by atoms with Crippen LogP contribution in [-0.2, 0) is 0 Å². The molecule has 1 aliphatic heterocycles. The molecule has 1 aliphatic rings. The Labute approximate surface area is 83.3 Å². The first-order valence-corrected chi connectivity index (χ1v) is 4.45. The average Bonchev–Trinajstić information content (AvgIpc) is 2.17. The van der Waals surface area contributed by atoms with Crippen molar-refractivity contribution >= 4 is 24.3 Å². The van der Waals surface area contributed by atoms with Crippen molar-refractivity contribution in [1.29, 1.82) is 0 Å². The van der Waals surface area contributed by atoms with Gasteiger partial charge in [0.2, 0.25) is 0 Å². The predicted molar refractivity (Wildman–Crippen MR) is 59.5 cm³/mol. The van der Waals surface area contributed by atoms with Crippen molar-refractivity contribution in [3.8, 4) is 0 Å². The van der Waals surface area contributed by atoms with E-state index in [4.69, 9.17) is 0 Å². The quantitative estimate of drug-likeness (QED) is 0.621. The Morgan fingerprint density at radius 1 is 1.57 bits per heavy atom. The van der Waals surface area contributed by atoms with Crippen molar-refractivity contribution in [1.82, 2.24) is 5.34 Å². The van der Waals surface area contributed by atoms with E-state index in [0.717, 1.165) is 22.2 Å². The minimum absolute atomic E-state index is 0.700. The van der Waals surface area contributed by atoms with E-state index in [9.17, 15) is 5.02 Å². The second kappa shape index (κ2) is 3.31. The van der Waals surface area contributed by atoms with Gasteiger partial charge in [-0.2, -0.15) is 5.10 Å². The Bertz CT molecular complexity index is 415. The molecule has 0 amide bonds. The van der Waals surface area contributed by atoms with Crippen LogP contribution in [-0.4, -0.2) is 18.3 Å². The molecule has 1 aromatic rings. The van der Waals surface area contributed by atoms with Crippen LogP contribution in [0.25, 0.3) is 5.57 Å². The molecule has 0 aliphatic carbocycles. The Kier molecular flexibility index (Phi) is 2.13. The molecule has 2 N–H and O–H groups in total. The number of hydrogen-bond donors (Lipinski definition) is 2. The molecular weight excluding hydrogens is 175 g/mol. The normalized spacial score (nSPS) is 13.4. The van der Waals surface area contributed by atoms with Crippen LogP contribution in [0.2, 0.25) is 0 Å². The lowest BCUT2D eigenvalue weighted by molar-refractivity contribution is 0.565. The molecule has 0 saturated heterocycles. The highest BCUT2D eigenvalue weighted by atomic mass is 16.2. The molecule has 0 spiro atoms. The molecule has 1 heterocycles. The maximum atomic E-state index is 9.54. The molecule has 0 fully saturated rings. The number of nitrogens with one attached hydrogen (secondary N) is 1. The number of nitrogens with zero attached hydrogens (tertiary/aromatic N) is 1. The smallest absolute Gasteiger partial charge is 0.428 e. The van der Waals surface area contributed by atoms with E-state index >= 15 is 0 Å². The molecule has 0 saturated carbocycles. The van der Waals surface area contributed by atoms with Gasteiger partial charge in [-0.05, 0) is 29.6 Å². The van der Waals surface area contributed by atoms with Crippen molar-refractivity contribution in [3.05, 3.63) is 35.9 Å². The van der Waals surface area contributed by atoms with Gasteiger partial charge in [-0.1, -0.05) is 24.3 Å². The first-order chi connectivity index (χ1) is 6.68. The number of allylic oxidation sites excluding steroid dienone is 1. The highest BCUT2D eigenvalue weighted by molar-refractivity contribution is 6.65. The summed E-state index contributed by atoms with van der Waals surface area (Å²) in [6, 6.07) is 5.82. The zero-order valence-corrected chi connectivity index (χ0v) is 7.99. The molecule has 0 aromatic heterocycles. The number of hydrogen-bond acceptors (Lipinski definition) is 3. The summed E-state index contributed by atoms with van der Waals surface area (Å²) in [6.45, 7) is 5.83. The lowest BCUT2D eigenvalue weighted by Crippen LogP contribution is -2.46. The van der Waals surface area contributed by atoms with Gasteiger partial charge >= 0.3 is 7.05 Å². The Morgan fingerprint density at radius 2 is 2.36 bits per heavy atom. The highest BCUT2D eigenvalue weighted by Gasteiger charge is 2.20. The molecule has 0 bridgehead atoms. The third-order valence-electron chi connectivity index (χ3n) is 2.27. The van der Waals surface area contributed by atoms with Gasteiger partial charge in [0.05, 0.1) is 6.21 Å². The van der Waals surface area contributed by atoms with E-state index in [1.807, 2.05) is 25.1 Å². The summed E-state index contributed by atoms with van der Waals surface area (Å²) >= 11 is 0. The summed E-state index contributed by atoms with van der Waals surface area (Å²) in [5.41, 5.74) is 3.88. The fourth-order valence-corrected chi connectivity index (χ4v) is 1.45. The Hall–Kier alpha value is -1.55. The van der Waals surface area contributed by atoms with Gasteiger partial charge < -0.3 is 10.4 Å². The van der Waals surface area contributed by atoms with E-state index in [-0.39, 0.29) is 0 Å². The van der Waals surface area contributed by atoms with Gasteiger partial charge in [-0.25, -0.2) is 0 Å². The summed E-state index contributed by atoms with van der Waals surface area (Å²) in [5.74, 6) is 0. The molecule has 1 aromatic carbocycles. The van der Waals surface area contributed by atoms with E-state index in [0.29, 0.717) is 0 Å². The van der Waals surface area contributed by atoms with Crippen LogP contribution in [0, 0.1) is 0 Å². The van der Waals surface area contributed by atoms with Crippen molar-refractivity contribution < 1.29 is 5.02 Å². The fraction of sp³-hybridized carbons (Fsp3) is 0.100. The summed E-state index contributed by atoms with van der Waals surface area (Å²) in [4.78, 5) is 0. The number of rotatable bonds is 1.